The van der Waals surface area contributed by atoms with Crippen LogP contribution >= 0.6 is 23.4 Å². The SMILES string of the molecule is CCCCCN/C(NC(=O)c1ccccc1)=C(/Sc1ccc(Cl)cc1)c1ccccc1. The third-order valence-electron chi connectivity index (χ3n) is 4.65. The Bertz CT molecular complexity index is 989. The van der Waals surface area contributed by atoms with Gasteiger partial charge in [-0.3, -0.25) is 4.79 Å². The van der Waals surface area contributed by atoms with Gasteiger partial charge in [-0.05, 0) is 48.4 Å². The Morgan fingerprint density at radius 2 is 1.45 bits per heavy atom. The fraction of sp³-hybridized carbons (Fsp3) is 0.192. The monoisotopic (exact) mass is 450 g/mol. The number of thioether (sulfide) groups is 1. The van der Waals surface area contributed by atoms with Crippen molar-refractivity contribution in [2.45, 2.75) is 31.1 Å². The topological polar surface area (TPSA) is 41.1 Å². The molecule has 0 fully saturated rings. The van der Waals surface area contributed by atoms with Crippen LogP contribution in [0.15, 0.2) is 95.6 Å². The van der Waals surface area contributed by atoms with E-state index in [9.17, 15) is 4.79 Å². The minimum absolute atomic E-state index is 0.135. The average molecular weight is 451 g/mol. The standard InChI is InChI=1S/C26H27ClN2OS/c1-2-3-10-19-28-25(29-26(30)21-13-8-5-9-14-21)24(20-11-6-4-7-12-20)31-23-17-15-22(27)16-18-23/h4-9,11-18,28H,2-3,10,19H2,1H3,(H,29,30)/b25-24-. The molecule has 0 atom stereocenters. The Morgan fingerprint density at radius 1 is 0.839 bits per heavy atom. The van der Waals surface area contributed by atoms with Crippen molar-refractivity contribution in [3.63, 3.8) is 0 Å². The molecule has 0 spiro atoms. The molecule has 0 bridgehead atoms. The Morgan fingerprint density at radius 3 is 2.06 bits per heavy atom. The van der Waals surface area contributed by atoms with E-state index >= 15 is 0 Å². The molecule has 3 rings (SSSR count). The van der Waals surface area contributed by atoms with Crippen LogP contribution in [0.3, 0.4) is 0 Å². The first-order valence-electron chi connectivity index (χ1n) is 10.5. The predicted octanol–water partition coefficient (Wildman–Crippen LogP) is 6.97. The van der Waals surface area contributed by atoms with Crippen LogP contribution in [0.4, 0.5) is 0 Å². The largest absolute Gasteiger partial charge is 0.371 e. The van der Waals surface area contributed by atoms with Crippen molar-refractivity contribution in [3.05, 3.63) is 107 Å². The summed E-state index contributed by atoms with van der Waals surface area (Å²) >= 11 is 7.68. The van der Waals surface area contributed by atoms with Crippen LogP contribution < -0.4 is 10.6 Å². The first kappa shape index (κ1) is 23.0. The molecular formula is C26H27ClN2OS. The molecule has 0 radical (unpaired) electrons. The van der Waals surface area contributed by atoms with Gasteiger partial charge in [0.1, 0.15) is 5.82 Å². The lowest BCUT2D eigenvalue weighted by molar-refractivity contribution is 0.0963. The molecule has 3 nitrogen and oxygen atoms in total. The second-order valence-electron chi connectivity index (χ2n) is 7.08. The van der Waals surface area contributed by atoms with E-state index in [2.05, 4.69) is 29.7 Å². The Hall–Kier alpha value is -2.69. The van der Waals surface area contributed by atoms with Crippen molar-refractivity contribution in [1.29, 1.82) is 0 Å². The highest BCUT2D eigenvalue weighted by Crippen LogP contribution is 2.36. The quantitative estimate of drug-likeness (QED) is 0.259. The zero-order chi connectivity index (χ0) is 21.9. The van der Waals surface area contributed by atoms with Gasteiger partial charge in [-0.1, -0.05) is 91.7 Å². The number of nitrogens with one attached hydrogen (secondary N) is 2. The minimum atomic E-state index is -0.135. The molecule has 0 saturated carbocycles. The van der Waals surface area contributed by atoms with Gasteiger partial charge in [0.15, 0.2) is 0 Å². The van der Waals surface area contributed by atoms with E-state index in [1.807, 2.05) is 72.8 Å². The van der Waals surface area contributed by atoms with E-state index in [0.717, 1.165) is 47.0 Å². The molecule has 0 unspecified atom stereocenters. The number of amides is 1. The third-order valence-corrected chi connectivity index (χ3v) is 6.06. The van der Waals surface area contributed by atoms with Crippen LogP contribution in [-0.2, 0) is 0 Å². The lowest BCUT2D eigenvalue weighted by Gasteiger charge is -2.19. The van der Waals surface area contributed by atoms with Crippen molar-refractivity contribution < 1.29 is 4.79 Å². The fourth-order valence-corrected chi connectivity index (χ4v) is 4.12. The number of rotatable bonds is 10. The van der Waals surface area contributed by atoms with Crippen LogP contribution in [-0.4, -0.2) is 12.5 Å². The fourth-order valence-electron chi connectivity index (χ4n) is 3.01. The maximum absolute atomic E-state index is 13.0. The number of benzene rings is 3. The van der Waals surface area contributed by atoms with Gasteiger partial charge in [-0.2, -0.15) is 0 Å². The summed E-state index contributed by atoms with van der Waals surface area (Å²) in [4.78, 5) is 15.0. The third kappa shape index (κ3) is 7.20. The summed E-state index contributed by atoms with van der Waals surface area (Å²) in [6.45, 7) is 2.97. The average Bonchev–Trinajstić information content (AvgIpc) is 2.82. The zero-order valence-electron chi connectivity index (χ0n) is 17.6. The summed E-state index contributed by atoms with van der Waals surface area (Å²) in [6, 6.07) is 27.1. The molecule has 5 heteroatoms. The summed E-state index contributed by atoms with van der Waals surface area (Å²) in [7, 11) is 0. The smallest absolute Gasteiger partial charge is 0.256 e. The summed E-state index contributed by atoms with van der Waals surface area (Å²) in [5, 5.41) is 7.31. The number of carbonyl (C=O) groups excluding carboxylic acids is 1. The van der Waals surface area contributed by atoms with Crippen molar-refractivity contribution in [3.8, 4) is 0 Å². The van der Waals surface area contributed by atoms with Crippen molar-refractivity contribution in [2.24, 2.45) is 0 Å². The molecule has 31 heavy (non-hydrogen) atoms. The zero-order valence-corrected chi connectivity index (χ0v) is 19.2. The van der Waals surface area contributed by atoms with Gasteiger partial charge < -0.3 is 10.6 Å². The van der Waals surface area contributed by atoms with Gasteiger partial charge in [0, 0.05) is 22.0 Å². The summed E-state index contributed by atoms with van der Waals surface area (Å²) in [5.74, 6) is 0.583. The Kier molecular flexibility index (Phi) is 9.07. The van der Waals surface area contributed by atoms with Crippen molar-refractivity contribution >= 4 is 34.2 Å². The van der Waals surface area contributed by atoms with E-state index in [1.54, 1.807) is 11.8 Å². The highest BCUT2D eigenvalue weighted by atomic mass is 35.5. The van der Waals surface area contributed by atoms with Gasteiger partial charge in [-0.15, -0.1) is 0 Å². The second kappa shape index (κ2) is 12.2. The lowest BCUT2D eigenvalue weighted by Crippen LogP contribution is -2.33. The molecule has 0 saturated heterocycles. The first-order valence-corrected chi connectivity index (χ1v) is 11.7. The van der Waals surface area contributed by atoms with Gasteiger partial charge in [-0.25, -0.2) is 0 Å². The van der Waals surface area contributed by atoms with Crippen LogP contribution in [0.5, 0.6) is 0 Å². The van der Waals surface area contributed by atoms with Crippen molar-refractivity contribution in [2.75, 3.05) is 6.54 Å². The molecule has 0 aliphatic rings. The molecule has 0 aliphatic heterocycles. The van der Waals surface area contributed by atoms with E-state index in [4.69, 9.17) is 11.6 Å². The maximum atomic E-state index is 13.0. The van der Waals surface area contributed by atoms with Gasteiger partial charge in [0.05, 0.1) is 4.91 Å². The Labute approximate surface area is 193 Å². The molecule has 0 aliphatic carbocycles. The highest BCUT2D eigenvalue weighted by Gasteiger charge is 2.15. The number of halogens is 1. The first-order chi connectivity index (χ1) is 15.2. The predicted molar refractivity (Wildman–Crippen MR) is 132 cm³/mol. The minimum Gasteiger partial charge on any atom is -0.371 e. The molecular weight excluding hydrogens is 424 g/mol. The lowest BCUT2D eigenvalue weighted by atomic mass is 10.2. The van der Waals surface area contributed by atoms with Gasteiger partial charge in [0.25, 0.3) is 5.91 Å². The highest BCUT2D eigenvalue weighted by molar-refractivity contribution is 8.08. The van der Waals surface area contributed by atoms with Gasteiger partial charge in [0.2, 0.25) is 0 Å². The number of hydrogen-bond donors (Lipinski definition) is 2. The molecule has 160 valence electrons. The summed E-state index contributed by atoms with van der Waals surface area (Å²) in [6.07, 6.45) is 3.31. The van der Waals surface area contributed by atoms with Crippen LogP contribution in [0.25, 0.3) is 4.91 Å². The van der Waals surface area contributed by atoms with Crippen LogP contribution in [0, 0.1) is 0 Å². The van der Waals surface area contributed by atoms with Crippen LogP contribution in [0.1, 0.15) is 42.1 Å². The van der Waals surface area contributed by atoms with E-state index in [-0.39, 0.29) is 5.91 Å². The van der Waals surface area contributed by atoms with Gasteiger partial charge >= 0.3 is 0 Å². The van der Waals surface area contributed by atoms with Crippen molar-refractivity contribution in [1.82, 2.24) is 10.6 Å². The maximum Gasteiger partial charge on any atom is 0.256 e. The van der Waals surface area contributed by atoms with E-state index in [1.165, 1.54) is 0 Å². The number of carbonyl (C=O) groups is 1. The summed E-state index contributed by atoms with van der Waals surface area (Å²) < 4.78 is 0. The molecule has 3 aromatic carbocycles. The Balaban J connectivity index is 1.97. The molecule has 0 aromatic heterocycles. The summed E-state index contributed by atoms with van der Waals surface area (Å²) in [5.41, 5.74) is 1.66. The van der Waals surface area contributed by atoms with E-state index in [0.29, 0.717) is 10.6 Å². The number of hydrogen-bond acceptors (Lipinski definition) is 3. The molecule has 1 amide bonds. The van der Waals surface area contributed by atoms with E-state index < -0.39 is 0 Å². The normalized spacial score (nSPS) is 11.5. The molecule has 0 heterocycles. The number of unbranched alkanes of at least 4 members (excludes halogenated alkanes) is 2. The molecule has 3 aromatic rings. The second-order valence-corrected chi connectivity index (χ2v) is 8.60. The molecule has 2 N–H and O–H groups in total. The van der Waals surface area contributed by atoms with Crippen LogP contribution in [0.2, 0.25) is 5.02 Å².